The van der Waals surface area contributed by atoms with Crippen molar-refractivity contribution < 1.29 is 9.90 Å². The van der Waals surface area contributed by atoms with E-state index < -0.39 is 0 Å². The molecule has 4 heteroatoms. The lowest BCUT2D eigenvalue weighted by Crippen LogP contribution is -2.40. The third-order valence-electron chi connectivity index (χ3n) is 2.36. The van der Waals surface area contributed by atoms with Crippen molar-refractivity contribution in [2.75, 3.05) is 19.7 Å². The molecule has 1 atom stereocenters. The first kappa shape index (κ1) is 10.0. The molecule has 0 saturated carbocycles. The lowest BCUT2D eigenvalue weighted by atomic mass is 9.99. The van der Waals surface area contributed by atoms with Crippen LogP contribution in [0.25, 0.3) is 0 Å². The third kappa shape index (κ3) is 2.71. The lowest BCUT2D eigenvalue weighted by molar-refractivity contribution is -0.132. The average Bonchev–Trinajstić information content (AvgIpc) is 2.18. The Morgan fingerprint density at radius 3 is 3.08 bits per heavy atom. The summed E-state index contributed by atoms with van der Waals surface area (Å²) >= 11 is 0. The molecule has 1 aliphatic rings. The van der Waals surface area contributed by atoms with Gasteiger partial charge in [-0.05, 0) is 18.8 Å². The number of rotatable bonds is 2. The van der Waals surface area contributed by atoms with Gasteiger partial charge in [-0.3, -0.25) is 4.79 Å². The summed E-state index contributed by atoms with van der Waals surface area (Å²) in [7, 11) is 0. The fourth-order valence-corrected chi connectivity index (χ4v) is 1.62. The molecule has 0 unspecified atom stereocenters. The van der Waals surface area contributed by atoms with E-state index in [0.717, 1.165) is 19.4 Å². The van der Waals surface area contributed by atoms with Gasteiger partial charge in [0, 0.05) is 19.7 Å². The van der Waals surface area contributed by atoms with Crippen LogP contribution in [0.3, 0.4) is 0 Å². The SMILES string of the molecule is N#CCC(=O)N1CCC[C@H](CO)C1. The molecule has 1 N–H and O–H groups in total. The Morgan fingerprint density at radius 2 is 2.46 bits per heavy atom. The Labute approximate surface area is 77.8 Å². The lowest BCUT2D eigenvalue weighted by Gasteiger charge is -2.31. The van der Waals surface area contributed by atoms with Gasteiger partial charge in [-0.15, -0.1) is 0 Å². The molecule has 1 fully saturated rings. The summed E-state index contributed by atoms with van der Waals surface area (Å²) in [5, 5.41) is 17.3. The first-order valence-corrected chi connectivity index (χ1v) is 4.53. The molecule has 0 radical (unpaired) electrons. The fraction of sp³-hybridized carbons (Fsp3) is 0.778. The fourth-order valence-electron chi connectivity index (χ4n) is 1.62. The molecular formula is C9H14N2O2. The van der Waals surface area contributed by atoms with E-state index in [9.17, 15) is 4.79 Å². The zero-order valence-corrected chi connectivity index (χ0v) is 7.57. The summed E-state index contributed by atoms with van der Waals surface area (Å²) in [6, 6.07) is 1.84. The van der Waals surface area contributed by atoms with Crippen molar-refractivity contribution in [3.8, 4) is 6.07 Å². The Bertz CT molecular complexity index is 222. The summed E-state index contributed by atoms with van der Waals surface area (Å²) in [5.41, 5.74) is 0. The second-order valence-corrected chi connectivity index (χ2v) is 3.37. The molecule has 1 rings (SSSR count). The second kappa shape index (κ2) is 4.83. The largest absolute Gasteiger partial charge is 0.396 e. The van der Waals surface area contributed by atoms with Crippen molar-refractivity contribution in [2.24, 2.45) is 5.92 Å². The molecule has 72 valence electrons. The molecule has 0 aromatic carbocycles. The van der Waals surface area contributed by atoms with Crippen molar-refractivity contribution in [2.45, 2.75) is 19.3 Å². The minimum atomic E-state index is -0.111. The Balaban J connectivity index is 2.42. The van der Waals surface area contributed by atoms with Crippen LogP contribution in [0.1, 0.15) is 19.3 Å². The van der Waals surface area contributed by atoms with E-state index in [4.69, 9.17) is 10.4 Å². The van der Waals surface area contributed by atoms with E-state index in [2.05, 4.69) is 0 Å². The monoisotopic (exact) mass is 182 g/mol. The molecular weight excluding hydrogens is 168 g/mol. The maximum Gasteiger partial charge on any atom is 0.236 e. The number of nitrogens with zero attached hydrogens (tertiary/aromatic N) is 2. The van der Waals surface area contributed by atoms with Gasteiger partial charge in [0.05, 0.1) is 6.07 Å². The van der Waals surface area contributed by atoms with Crippen LogP contribution in [0.4, 0.5) is 0 Å². The topological polar surface area (TPSA) is 64.3 Å². The van der Waals surface area contributed by atoms with Gasteiger partial charge in [0.25, 0.3) is 0 Å². The van der Waals surface area contributed by atoms with Crippen LogP contribution in [0, 0.1) is 17.2 Å². The highest BCUT2D eigenvalue weighted by molar-refractivity contribution is 5.78. The zero-order valence-electron chi connectivity index (χ0n) is 7.57. The predicted octanol–water partition coefficient (Wildman–Crippen LogP) is 0.131. The summed E-state index contributed by atoms with van der Waals surface area (Å²) in [5.74, 6) is 0.0945. The number of aliphatic hydroxyl groups is 1. The van der Waals surface area contributed by atoms with Crippen LogP contribution < -0.4 is 0 Å². The second-order valence-electron chi connectivity index (χ2n) is 3.37. The van der Waals surface area contributed by atoms with E-state index >= 15 is 0 Å². The summed E-state index contributed by atoms with van der Waals surface area (Å²) < 4.78 is 0. The molecule has 0 aromatic rings. The number of hydrogen-bond acceptors (Lipinski definition) is 3. The molecule has 0 aromatic heterocycles. The van der Waals surface area contributed by atoms with Crippen molar-refractivity contribution in [1.82, 2.24) is 4.90 Å². The number of hydrogen-bond donors (Lipinski definition) is 1. The number of nitriles is 1. The molecule has 0 spiro atoms. The number of likely N-dealkylation sites (tertiary alicyclic amines) is 1. The van der Waals surface area contributed by atoms with Crippen molar-refractivity contribution in [1.29, 1.82) is 5.26 Å². The maximum atomic E-state index is 11.3. The molecule has 0 aliphatic carbocycles. The smallest absolute Gasteiger partial charge is 0.236 e. The van der Waals surface area contributed by atoms with E-state index in [0.29, 0.717) is 6.54 Å². The molecule has 0 bridgehead atoms. The van der Waals surface area contributed by atoms with Gasteiger partial charge in [0.2, 0.25) is 5.91 Å². The van der Waals surface area contributed by atoms with Crippen LogP contribution in [0.5, 0.6) is 0 Å². The maximum absolute atomic E-state index is 11.3. The molecule has 1 saturated heterocycles. The Morgan fingerprint density at radius 1 is 1.69 bits per heavy atom. The van der Waals surface area contributed by atoms with Crippen molar-refractivity contribution in [3.05, 3.63) is 0 Å². The quantitative estimate of drug-likeness (QED) is 0.660. The van der Waals surface area contributed by atoms with Crippen molar-refractivity contribution >= 4 is 5.91 Å². The van der Waals surface area contributed by atoms with Gasteiger partial charge in [-0.25, -0.2) is 0 Å². The van der Waals surface area contributed by atoms with Crippen LogP contribution in [-0.2, 0) is 4.79 Å². The molecule has 13 heavy (non-hydrogen) atoms. The minimum absolute atomic E-state index is 0.0435. The summed E-state index contributed by atoms with van der Waals surface area (Å²) in [4.78, 5) is 13.0. The van der Waals surface area contributed by atoms with E-state index in [1.54, 1.807) is 4.90 Å². The van der Waals surface area contributed by atoms with Gasteiger partial charge in [0.15, 0.2) is 0 Å². The van der Waals surface area contributed by atoms with Crippen molar-refractivity contribution in [3.63, 3.8) is 0 Å². The van der Waals surface area contributed by atoms with Crippen LogP contribution in [0.2, 0.25) is 0 Å². The van der Waals surface area contributed by atoms with Crippen LogP contribution in [0.15, 0.2) is 0 Å². The molecule has 1 aliphatic heterocycles. The number of aliphatic hydroxyl groups excluding tert-OH is 1. The zero-order chi connectivity index (χ0) is 9.68. The molecule has 1 amide bonds. The highest BCUT2D eigenvalue weighted by atomic mass is 16.3. The number of amides is 1. The average molecular weight is 182 g/mol. The van der Waals surface area contributed by atoms with Gasteiger partial charge in [-0.1, -0.05) is 0 Å². The normalized spacial score (nSPS) is 22.5. The Hall–Kier alpha value is -1.08. The third-order valence-corrected chi connectivity index (χ3v) is 2.36. The predicted molar refractivity (Wildman–Crippen MR) is 46.6 cm³/mol. The van der Waals surface area contributed by atoms with Crippen LogP contribution >= 0.6 is 0 Å². The first-order valence-electron chi connectivity index (χ1n) is 4.53. The summed E-state index contributed by atoms with van der Waals surface area (Å²) in [6.45, 7) is 1.48. The van der Waals surface area contributed by atoms with E-state index in [1.165, 1.54) is 0 Å². The standard InChI is InChI=1S/C9H14N2O2/c10-4-3-9(13)11-5-1-2-8(6-11)7-12/h8,12H,1-3,5-7H2/t8-/m0/s1. The number of piperidine rings is 1. The Kier molecular flexibility index (Phi) is 3.71. The first-order chi connectivity index (χ1) is 6.27. The van der Waals surface area contributed by atoms with Crippen LogP contribution in [-0.4, -0.2) is 35.6 Å². The van der Waals surface area contributed by atoms with Gasteiger partial charge in [-0.2, -0.15) is 5.26 Å². The van der Waals surface area contributed by atoms with Gasteiger partial charge < -0.3 is 10.0 Å². The van der Waals surface area contributed by atoms with E-state index in [1.807, 2.05) is 6.07 Å². The highest BCUT2D eigenvalue weighted by Crippen LogP contribution is 2.16. The molecule has 1 heterocycles. The van der Waals surface area contributed by atoms with Gasteiger partial charge >= 0.3 is 0 Å². The molecule has 4 nitrogen and oxygen atoms in total. The van der Waals surface area contributed by atoms with Gasteiger partial charge in [0.1, 0.15) is 6.42 Å². The highest BCUT2D eigenvalue weighted by Gasteiger charge is 2.22. The summed E-state index contributed by atoms with van der Waals surface area (Å²) in [6.07, 6.45) is 1.87. The number of carbonyl (C=O) groups is 1. The number of carbonyl (C=O) groups excluding carboxylic acids is 1. The minimum Gasteiger partial charge on any atom is -0.396 e. The van der Waals surface area contributed by atoms with E-state index in [-0.39, 0.29) is 24.9 Å².